The van der Waals surface area contributed by atoms with Gasteiger partial charge in [-0.05, 0) is 30.9 Å². The lowest BCUT2D eigenvalue weighted by Gasteiger charge is -2.15. The maximum Gasteiger partial charge on any atom is 0.146 e. The van der Waals surface area contributed by atoms with Crippen LogP contribution in [0.2, 0.25) is 0 Å². The van der Waals surface area contributed by atoms with Gasteiger partial charge in [0, 0.05) is 19.8 Å². The molecule has 0 spiro atoms. The van der Waals surface area contributed by atoms with Crippen LogP contribution in [-0.2, 0) is 4.79 Å². The Hall–Kier alpha value is -1.05. The molecule has 0 aromatic rings. The average molecular weight is 165 g/mol. The molecule has 0 aromatic carbocycles. The summed E-state index contributed by atoms with van der Waals surface area (Å²) in [5.74, 6) is 0. The summed E-state index contributed by atoms with van der Waals surface area (Å²) in [5.41, 5.74) is 2.21. The van der Waals surface area contributed by atoms with Crippen molar-refractivity contribution >= 4 is 6.29 Å². The molecule has 0 heterocycles. The standard InChI is InChI=1S/C10H15NO/c1-11(2)10-5-3-4-9(8-12)6-7-10/h6-8H,3-5H2,1-2H3. The molecule has 2 nitrogen and oxygen atoms in total. The summed E-state index contributed by atoms with van der Waals surface area (Å²) >= 11 is 0. The molecule has 0 fully saturated rings. The SMILES string of the molecule is CN(C)C1=CC=C(C=O)CCC1. The number of carbonyl (C=O) groups is 1. The van der Waals surface area contributed by atoms with E-state index in [9.17, 15) is 4.79 Å². The molecule has 0 amide bonds. The van der Waals surface area contributed by atoms with Gasteiger partial charge in [0.15, 0.2) is 0 Å². The van der Waals surface area contributed by atoms with Crippen LogP contribution in [0.5, 0.6) is 0 Å². The van der Waals surface area contributed by atoms with Crippen molar-refractivity contribution in [3.8, 4) is 0 Å². The van der Waals surface area contributed by atoms with Crippen LogP contribution >= 0.6 is 0 Å². The second-order valence-corrected chi connectivity index (χ2v) is 3.27. The molecule has 0 saturated heterocycles. The minimum absolute atomic E-state index is 0.909. The van der Waals surface area contributed by atoms with Crippen molar-refractivity contribution in [2.24, 2.45) is 0 Å². The number of rotatable bonds is 2. The van der Waals surface area contributed by atoms with Gasteiger partial charge >= 0.3 is 0 Å². The van der Waals surface area contributed by atoms with Crippen molar-refractivity contribution in [1.82, 2.24) is 4.90 Å². The fraction of sp³-hybridized carbons (Fsp3) is 0.500. The zero-order valence-corrected chi connectivity index (χ0v) is 7.71. The monoisotopic (exact) mass is 165 g/mol. The maximum atomic E-state index is 10.5. The summed E-state index contributed by atoms with van der Waals surface area (Å²) in [5, 5.41) is 0. The molecule has 0 N–H and O–H groups in total. The molecule has 0 aromatic heterocycles. The number of hydrogen-bond acceptors (Lipinski definition) is 2. The highest BCUT2D eigenvalue weighted by Crippen LogP contribution is 2.17. The van der Waals surface area contributed by atoms with Crippen molar-refractivity contribution in [3.05, 3.63) is 23.4 Å². The van der Waals surface area contributed by atoms with Crippen LogP contribution < -0.4 is 0 Å². The van der Waals surface area contributed by atoms with Gasteiger partial charge in [0.2, 0.25) is 0 Å². The quantitative estimate of drug-likeness (QED) is 0.581. The summed E-state index contributed by atoms with van der Waals surface area (Å²) in [6.45, 7) is 0. The Bertz CT molecular complexity index is 226. The molecule has 0 atom stereocenters. The number of allylic oxidation sites excluding steroid dienone is 4. The second-order valence-electron chi connectivity index (χ2n) is 3.27. The average Bonchev–Trinajstić information content (AvgIpc) is 2.28. The minimum Gasteiger partial charge on any atom is -0.381 e. The van der Waals surface area contributed by atoms with Gasteiger partial charge in [-0.25, -0.2) is 0 Å². The van der Waals surface area contributed by atoms with Gasteiger partial charge in [-0.1, -0.05) is 6.08 Å². The topological polar surface area (TPSA) is 20.3 Å². The third-order valence-corrected chi connectivity index (χ3v) is 2.11. The van der Waals surface area contributed by atoms with Crippen molar-refractivity contribution in [1.29, 1.82) is 0 Å². The van der Waals surface area contributed by atoms with Crippen molar-refractivity contribution in [3.63, 3.8) is 0 Å². The number of hydrogen-bond donors (Lipinski definition) is 0. The van der Waals surface area contributed by atoms with Crippen molar-refractivity contribution in [2.75, 3.05) is 14.1 Å². The summed E-state index contributed by atoms with van der Waals surface area (Å²) in [6.07, 6.45) is 7.98. The molecule has 0 aliphatic heterocycles. The summed E-state index contributed by atoms with van der Waals surface area (Å²) in [6, 6.07) is 0. The van der Waals surface area contributed by atoms with Gasteiger partial charge in [0.25, 0.3) is 0 Å². The zero-order valence-electron chi connectivity index (χ0n) is 7.71. The van der Waals surface area contributed by atoms with E-state index in [2.05, 4.69) is 4.90 Å². The molecule has 1 aliphatic rings. The second kappa shape index (κ2) is 4.10. The highest BCUT2D eigenvalue weighted by Gasteiger charge is 2.04. The largest absolute Gasteiger partial charge is 0.381 e. The van der Waals surface area contributed by atoms with E-state index in [-0.39, 0.29) is 0 Å². The first-order valence-corrected chi connectivity index (χ1v) is 4.26. The van der Waals surface area contributed by atoms with E-state index in [0.717, 1.165) is 31.1 Å². The Morgan fingerprint density at radius 2 is 2.08 bits per heavy atom. The van der Waals surface area contributed by atoms with E-state index >= 15 is 0 Å². The Labute approximate surface area is 73.6 Å². The highest BCUT2D eigenvalue weighted by molar-refractivity contribution is 5.73. The molecule has 1 rings (SSSR count). The molecule has 0 unspecified atom stereocenters. The fourth-order valence-electron chi connectivity index (χ4n) is 1.31. The van der Waals surface area contributed by atoms with Crippen LogP contribution in [-0.4, -0.2) is 25.3 Å². The lowest BCUT2D eigenvalue weighted by Crippen LogP contribution is -2.10. The van der Waals surface area contributed by atoms with Crippen LogP contribution in [0, 0.1) is 0 Å². The van der Waals surface area contributed by atoms with E-state index in [0.29, 0.717) is 0 Å². The van der Waals surface area contributed by atoms with Gasteiger partial charge in [-0.3, -0.25) is 4.79 Å². The highest BCUT2D eigenvalue weighted by atomic mass is 16.1. The Balaban J connectivity index is 2.73. The van der Waals surface area contributed by atoms with Gasteiger partial charge in [0.1, 0.15) is 6.29 Å². The van der Waals surface area contributed by atoms with E-state index in [1.807, 2.05) is 26.2 Å². The zero-order chi connectivity index (χ0) is 8.97. The third kappa shape index (κ3) is 2.22. The van der Waals surface area contributed by atoms with E-state index < -0.39 is 0 Å². The van der Waals surface area contributed by atoms with Crippen molar-refractivity contribution < 1.29 is 4.79 Å². The molecular formula is C10H15NO. The number of aldehydes is 1. The summed E-state index contributed by atoms with van der Waals surface area (Å²) in [4.78, 5) is 12.6. The molecule has 66 valence electrons. The van der Waals surface area contributed by atoms with Crippen LogP contribution in [0.4, 0.5) is 0 Å². The fourth-order valence-corrected chi connectivity index (χ4v) is 1.31. The van der Waals surface area contributed by atoms with Crippen LogP contribution in [0.15, 0.2) is 23.4 Å². The van der Waals surface area contributed by atoms with Crippen LogP contribution in [0.3, 0.4) is 0 Å². The van der Waals surface area contributed by atoms with Crippen LogP contribution in [0.1, 0.15) is 19.3 Å². The number of nitrogens with zero attached hydrogens (tertiary/aromatic N) is 1. The molecule has 2 heteroatoms. The Morgan fingerprint density at radius 3 is 2.67 bits per heavy atom. The Morgan fingerprint density at radius 1 is 1.33 bits per heavy atom. The normalized spacial score (nSPS) is 17.5. The molecule has 1 aliphatic carbocycles. The van der Waals surface area contributed by atoms with E-state index in [1.54, 1.807) is 0 Å². The lowest BCUT2D eigenvalue weighted by molar-refractivity contribution is -0.105. The first-order valence-electron chi connectivity index (χ1n) is 4.26. The van der Waals surface area contributed by atoms with E-state index in [1.165, 1.54) is 5.70 Å². The third-order valence-electron chi connectivity index (χ3n) is 2.11. The first-order chi connectivity index (χ1) is 5.74. The van der Waals surface area contributed by atoms with Gasteiger partial charge < -0.3 is 4.90 Å². The van der Waals surface area contributed by atoms with Gasteiger partial charge in [-0.15, -0.1) is 0 Å². The minimum atomic E-state index is 0.909. The maximum absolute atomic E-state index is 10.5. The first kappa shape index (κ1) is 9.04. The predicted octanol–water partition coefficient (Wildman–Crippen LogP) is 1.74. The molecule has 0 saturated carbocycles. The molecule has 0 radical (unpaired) electrons. The lowest BCUT2D eigenvalue weighted by atomic mass is 10.1. The van der Waals surface area contributed by atoms with Gasteiger partial charge in [-0.2, -0.15) is 0 Å². The summed E-state index contributed by atoms with van der Waals surface area (Å²) < 4.78 is 0. The summed E-state index contributed by atoms with van der Waals surface area (Å²) in [7, 11) is 4.07. The van der Waals surface area contributed by atoms with Crippen LogP contribution in [0.25, 0.3) is 0 Å². The number of carbonyl (C=O) groups excluding carboxylic acids is 1. The molecule has 0 bridgehead atoms. The Kier molecular flexibility index (Phi) is 3.09. The van der Waals surface area contributed by atoms with E-state index in [4.69, 9.17) is 0 Å². The van der Waals surface area contributed by atoms with Gasteiger partial charge in [0.05, 0.1) is 0 Å². The van der Waals surface area contributed by atoms with Crippen molar-refractivity contribution in [2.45, 2.75) is 19.3 Å². The molecule has 12 heavy (non-hydrogen) atoms. The smallest absolute Gasteiger partial charge is 0.146 e. The molecular weight excluding hydrogens is 150 g/mol. The predicted molar refractivity (Wildman–Crippen MR) is 49.8 cm³/mol.